The van der Waals surface area contributed by atoms with Crippen molar-refractivity contribution in [2.75, 3.05) is 27.4 Å². The number of methoxy groups -OCH3 is 2. The molecule has 21 heavy (non-hydrogen) atoms. The minimum absolute atomic E-state index is 0.168. The van der Waals surface area contributed by atoms with Crippen molar-refractivity contribution in [3.63, 3.8) is 0 Å². The van der Waals surface area contributed by atoms with Crippen LogP contribution in [0.25, 0.3) is 0 Å². The maximum absolute atomic E-state index is 5.73. The summed E-state index contributed by atoms with van der Waals surface area (Å²) < 4.78 is 16.4. The molecule has 4 heteroatoms. The molecule has 0 amide bonds. The maximum atomic E-state index is 5.73. The van der Waals surface area contributed by atoms with E-state index in [2.05, 4.69) is 11.8 Å². The van der Waals surface area contributed by atoms with Gasteiger partial charge in [0.15, 0.2) is 0 Å². The van der Waals surface area contributed by atoms with Gasteiger partial charge in [0.25, 0.3) is 0 Å². The normalized spacial score (nSPS) is 10.9. The molecular formula is C17H25NO3. The monoisotopic (exact) mass is 291 g/mol. The number of benzene rings is 1. The van der Waals surface area contributed by atoms with Crippen LogP contribution in [0, 0.1) is 11.8 Å². The lowest BCUT2D eigenvalue weighted by atomic mass is 10.1. The summed E-state index contributed by atoms with van der Waals surface area (Å²) >= 11 is 0. The second-order valence-electron chi connectivity index (χ2n) is 5.30. The van der Waals surface area contributed by atoms with E-state index in [0.29, 0.717) is 19.8 Å². The minimum Gasteiger partial charge on any atom is -0.496 e. The van der Waals surface area contributed by atoms with Crippen LogP contribution in [0.15, 0.2) is 18.2 Å². The fourth-order valence-corrected chi connectivity index (χ4v) is 1.72. The summed E-state index contributed by atoms with van der Waals surface area (Å²) in [5.74, 6) is 6.66. The summed E-state index contributed by atoms with van der Waals surface area (Å²) in [6, 6.07) is 5.79. The van der Waals surface area contributed by atoms with Crippen molar-refractivity contribution >= 4 is 0 Å². The van der Waals surface area contributed by atoms with Crippen LogP contribution >= 0.6 is 0 Å². The number of ether oxygens (including phenoxy) is 3. The van der Waals surface area contributed by atoms with E-state index in [4.69, 9.17) is 19.9 Å². The van der Waals surface area contributed by atoms with E-state index in [-0.39, 0.29) is 5.60 Å². The van der Waals surface area contributed by atoms with Crippen molar-refractivity contribution in [1.29, 1.82) is 0 Å². The quantitative estimate of drug-likeness (QED) is 0.619. The van der Waals surface area contributed by atoms with Crippen molar-refractivity contribution in [2.45, 2.75) is 32.5 Å². The summed E-state index contributed by atoms with van der Waals surface area (Å²) in [7, 11) is 3.36. The van der Waals surface area contributed by atoms with E-state index >= 15 is 0 Å². The highest BCUT2D eigenvalue weighted by Gasteiger charge is 2.15. The van der Waals surface area contributed by atoms with E-state index in [9.17, 15) is 0 Å². The van der Waals surface area contributed by atoms with Gasteiger partial charge in [-0.3, -0.25) is 0 Å². The average Bonchev–Trinajstić information content (AvgIpc) is 2.49. The minimum atomic E-state index is -0.168. The standard InChI is InChI=1S/C17H25NO3/c1-17(2,20-4)9-11-21-13-15-12-14(6-5-10-18)7-8-16(15)19-3/h7-8,12H,9-11,13,18H2,1-4H3. The predicted molar refractivity (Wildman–Crippen MR) is 84.3 cm³/mol. The third-order valence-electron chi connectivity index (χ3n) is 3.27. The lowest BCUT2D eigenvalue weighted by molar-refractivity contribution is -0.0126. The molecule has 0 aliphatic heterocycles. The van der Waals surface area contributed by atoms with Crippen LogP contribution in [-0.4, -0.2) is 33.0 Å². The Morgan fingerprint density at radius 3 is 2.62 bits per heavy atom. The molecule has 1 aromatic rings. The van der Waals surface area contributed by atoms with Crippen molar-refractivity contribution in [3.05, 3.63) is 29.3 Å². The van der Waals surface area contributed by atoms with Crippen LogP contribution in [0.1, 0.15) is 31.4 Å². The van der Waals surface area contributed by atoms with E-state index in [1.165, 1.54) is 0 Å². The molecule has 0 saturated heterocycles. The Balaban J connectivity index is 2.64. The highest BCUT2D eigenvalue weighted by atomic mass is 16.5. The summed E-state index contributed by atoms with van der Waals surface area (Å²) in [6.45, 7) is 5.55. The van der Waals surface area contributed by atoms with Gasteiger partial charge in [-0.15, -0.1) is 0 Å². The second kappa shape index (κ2) is 8.68. The van der Waals surface area contributed by atoms with E-state index in [1.54, 1.807) is 14.2 Å². The molecule has 4 nitrogen and oxygen atoms in total. The highest BCUT2D eigenvalue weighted by molar-refractivity contribution is 5.44. The zero-order valence-corrected chi connectivity index (χ0v) is 13.4. The Morgan fingerprint density at radius 2 is 2.00 bits per heavy atom. The Labute approximate surface area is 127 Å². The predicted octanol–water partition coefficient (Wildman–Crippen LogP) is 2.34. The fourth-order valence-electron chi connectivity index (χ4n) is 1.72. The zero-order valence-electron chi connectivity index (χ0n) is 13.4. The molecule has 0 unspecified atom stereocenters. The first-order valence-electron chi connectivity index (χ1n) is 7.01. The Hall–Kier alpha value is -1.54. The van der Waals surface area contributed by atoms with Crippen LogP contribution in [0.5, 0.6) is 5.75 Å². The molecule has 0 aliphatic carbocycles. The molecule has 0 fully saturated rings. The third-order valence-corrected chi connectivity index (χ3v) is 3.27. The molecule has 0 heterocycles. The molecule has 0 atom stereocenters. The molecule has 0 saturated carbocycles. The molecule has 1 rings (SSSR count). The average molecular weight is 291 g/mol. The van der Waals surface area contributed by atoms with Gasteiger partial charge in [0, 0.05) is 24.8 Å². The van der Waals surface area contributed by atoms with Crippen LogP contribution in [-0.2, 0) is 16.1 Å². The summed E-state index contributed by atoms with van der Waals surface area (Å²) in [6.07, 6.45) is 0.832. The molecule has 0 aliphatic rings. The van der Waals surface area contributed by atoms with Crippen LogP contribution in [0.4, 0.5) is 0 Å². The molecule has 2 N–H and O–H groups in total. The summed E-state index contributed by atoms with van der Waals surface area (Å²) in [4.78, 5) is 0. The maximum Gasteiger partial charge on any atom is 0.124 e. The lowest BCUT2D eigenvalue weighted by Gasteiger charge is -2.22. The van der Waals surface area contributed by atoms with Gasteiger partial charge in [0.05, 0.1) is 25.9 Å². The zero-order chi connectivity index (χ0) is 15.7. The second-order valence-corrected chi connectivity index (χ2v) is 5.30. The van der Waals surface area contributed by atoms with Gasteiger partial charge >= 0.3 is 0 Å². The highest BCUT2D eigenvalue weighted by Crippen LogP contribution is 2.21. The lowest BCUT2D eigenvalue weighted by Crippen LogP contribution is -2.24. The Morgan fingerprint density at radius 1 is 1.24 bits per heavy atom. The first-order valence-corrected chi connectivity index (χ1v) is 7.01. The van der Waals surface area contributed by atoms with Gasteiger partial charge in [-0.05, 0) is 38.5 Å². The van der Waals surface area contributed by atoms with Crippen LogP contribution in [0.2, 0.25) is 0 Å². The number of hydrogen-bond acceptors (Lipinski definition) is 4. The van der Waals surface area contributed by atoms with Gasteiger partial charge in [-0.1, -0.05) is 11.8 Å². The van der Waals surface area contributed by atoms with Crippen molar-refractivity contribution in [2.24, 2.45) is 5.73 Å². The molecule has 0 aromatic heterocycles. The molecule has 0 spiro atoms. The number of hydrogen-bond donors (Lipinski definition) is 1. The van der Waals surface area contributed by atoms with Gasteiger partial charge in [-0.2, -0.15) is 0 Å². The summed E-state index contributed by atoms with van der Waals surface area (Å²) in [5, 5.41) is 0. The van der Waals surface area contributed by atoms with E-state index in [1.807, 2.05) is 32.0 Å². The van der Waals surface area contributed by atoms with Crippen molar-refractivity contribution in [3.8, 4) is 17.6 Å². The Bertz CT molecular complexity index is 500. The van der Waals surface area contributed by atoms with Gasteiger partial charge < -0.3 is 19.9 Å². The SMILES string of the molecule is COc1ccc(C#CCN)cc1COCCC(C)(C)OC. The third kappa shape index (κ3) is 6.17. The fraction of sp³-hybridized carbons (Fsp3) is 0.529. The first-order chi connectivity index (χ1) is 10.0. The van der Waals surface area contributed by atoms with Crippen LogP contribution in [0.3, 0.4) is 0 Å². The molecule has 0 radical (unpaired) electrons. The number of rotatable bonds is 7. The van der Waals surface area contributed by atoms with Gasteiger partial charge in [0.1, 0.15) is 5.75 Å². The summed E-state index contributed by atoms with van der Waals surface area (Å²) in [5.41, 5.74) is 7.12. The Kier molecular flexibility index (Phi) is 7.24. The molecular weight excluding hydrogens is 266 g/mol. The topological polar surface area (TPSA) is 53.7 Å². The molecule has 116 valence electrons. The van der Waals surface area contributed by atoms with Crippen molar-refractivity contribution in [1.82, 2.24) is 0 Å². The van der Waals surface area contributed by atoms with Gasteiger partial charge in [-0.25, -0.2) is 0 Å². The van der Waals surface area contributed by atoms with Crippen LogP contribution < -0.4 is 10.5 Å². The largest absolute Gasteiger partial charge is 0.496 e. The van der Waals surface area contributed by atoms with Crippen molar-refractivity contribution < 1.29 is 14.2 Å². The molecule has 1 aromatic carbocycles. The number of nitrogens with two attached hydrogens (primary N) is 1. The first kappa shape index (κ1) is 17.5. The van der Waals surface area contributed by atoms with Gasteiger partial charge in [0.2, 0.25) is 0 Å². The smallest absolute Gasteiger partial charge is 0.124 e. The molecule has 0 bridgehead atoms. The van der Waals surface area contributed by atoms with E-state index < -0.39 is 0 Å². The van der Waals surface area contributed by atoms with E-state index in [0.717, 1.165) is 23.3 Å².